The second-order valence-corrected chi connectivity index (χ2v) is 5.84. The molecule has 2 N–H and O–H groups in total. The van der Waals surface area contributed by atoms with Crippen molar-refractivity contribution in [3.63, 3.8) is 0 Å². The van der Waals surface area contributed by atoms with Crippen molar-refractivity contribution >= 4 is 23.1 Å². The number of aryl methyl sites for hydroxylation is 1. The van der Waals surface area contributed by atoms with Crippen LogP contribution in [0.2, 0.25) is 0 Å². The third-order valence-corrected chi connectivity index (χ3v) is 4.25. The van der Waals surface area contributed by atoms with Crippen molar-refractivity contribution in [2.24, 2.45) is 0 Å². The average molecular weight is 327 g/mol. The van der Waals surface area contributed by atoms with Crippen molar-refractivity contribution in [1.29, 1.82) is 0 Å². The van der Waals surface area contributed by atoms with Crippen molar-refractivity contribution in [2.75, 3.05) is 5.32 Å². The minimum atomic E-state index is -0.256. The molecule has 3 rings (SSSR count). The average Bonchev–Trinajstić information content (AvgIpc) is 3.25. The van der Waals surface area contributed by atoms with Gasteiger partial charge < -0.3 is 10.6 Å². The van der Waals surface area contributed by atoms with E-state index in [4.69, 9.17) is 0 Å². The molecular weight excluding hydrogens is 310 g/mol. The Labute approximate surface area is 138 Å². The van der Waals surface area contributed by atoms with Gasteiger partial charge in [0.15, 0.2) is 0 Å². The number of benzene rings is 1. The number of hydrogen-bond acceptors (Lipinski definition) is 4. The van der Waals surface area contributed by atoms with Crippen LogP contribution in [0.5, 0.6) is 0 Å². The molecule has 0 aliphatic carbocycles. The molecule has 2 heterocycles. The predicted molar refractivity (Wildman–Crippen MR) is 90.9 cm³/mol. The van der Waals surface area contributed by atoms with E-state index in [9.17, 15) is 4.79 Å². The Morgan fingerprint density at radius 1 is 1.35 bits per heavy atom. The summed E-state index contributed by atoms with van der Waals surface area (Å²) in [5.41, 5.74) is 2.48. The summed E-state index contributed by atoms with van der Waals surface area (Å²) in [7, 11) is 0. The molecule has 7 heteroatoms. The number of nitrogens with one attached hydrogen (secondary N) is 2. The maximum absolute atomic E-state index is 12.0. The molecule has 118 valence electrons. The summed E-state index contributed by atoms with van der Waals surface area (Å²) >= 11 is 1.61. The van der Waals surface area contributed by atoms with Crippen LogP contribution in [0.15, 0.2) is 48.1 Å². The quantitative estimate of drug-likeness (QED) is 0.756. The zero-order valence-electron chi connectivity index (χ0n) is 12.7. The molecule has 0 spiro atoms. The first-order valence-corrected chi connectivity index (χ1v) is 8.21. The molecule has 23 heavy (non-hydrogen) atoms. The van der Waals surface area contributed by atoms with E-state index in [1.165, 1.54) is 0 Å². The molecule has 0 saturated heterocycles. The first-order chi connectivity index (χ1) is 11.2. The van der Waals surface area contributed by atoms with Gasteiger partial charge in [0, 0.05) is 23.5 Å². The van der Waals surface area contributed by atoms with Crippen LogP contribution in [0.1, 0.15) is 17.6 Å². The van der Waals surface area contributed by atoms with Gasteiger partial charge in [-0.2, -0.15) is 5.10 Å². The molecule has 0 saturated carbocycles. The summed E-state index contributed by atoms with van der Waals surface area (Å²) in [6, 6.07) is 9.10. The van der Waals surface area contributed by atoms with Crippen LogP contribution in [0.4, 0.5) is 10.5 Å². The van der Waals surface area contributed by atoms with Gasteiger partial charge in [0.25, 0.3) is 0 Å². The number of nitrogens with zero attached hydrogens (tertiary/aromatic N) is 3. The molecular formula is C16H17N5OS. The van der Waals surface area contributed by atoms with Crippen LogP contribution in [0.25, 0.3) is 5.69 Å². The van der Waals surface area contributed by atoms with Gasteiger partial charge in [0.2, 0.25) is 0 Å². The molecule has 0 fully saturated rings. The fourth-order valence-electron chi connectivity index (χ4n) is 2.09. The molecule has 0 aliphatic rings. The summed E-state index contributed by atoms with van der Waals surface area (Å²) in [5.74, 6) is 0. The van der Waals surface area contributed by atoms with Crippen LogP contribution in [0.3, 0.4) is 0 Å². The van der Waals surface area contributed by atoms with Crippen molar-refractivity contribution in [1.82, 2.24) is 20.1 Å². The van der Waals surface area contributed by atoms with E-state index in [1.54, 1.807) is 22.2 Å². The summed E-state index contributed by atoms with van der Waals surface area (Å²) in [6.07, 6.45) is 4.48. The highest BCUT2D eigenvalue weighted by Crippen LogP contribution is 2.14. The predicted octanol–water partition coefficient (Wildman–Crippen LogP) is 3.21. The van der Waals surface area contributed by atoms with Gasteiger partial charge in [-0.15, -0.1) is 11.3 Å². The van der Waals surface area contributed by atoms with Gasteiger partial charge >= 0.3 is 6.03 Å². The van der Waals surface area contributed by atoms with E-state index in [0.717, 1.165) is 22.8 Å². The zero-order chi connectivity index (χ0) is 16.1. The summed E-state index contributed by atoms with van der Waals surface area (Å²) < 4.78 is 1.74. The van der Waals surface area contributed by atoms with Crippen molar-refractivity contribution in [3.8, 4) is 5.69 Å². The Kier molecular flexibility index (Phi) is 4.68. The van der Waals surface area contributed by atoms with Crippen LogP contribution >= 0.6 is 11.3 Å². The van der Waals surface area contributed by atoms with Gasteiger partial charge in [-0.25, -0.2) is 14.5 Å². The molecule has 2 aromatic heterocycles. The number of carbonyl (C=O) groups is 1. The van der Waals surface area contributed by atoms with Crippen molar-refractivity contribution in [2.45, 2.75) is 19.9 Å². The largest absolute Gasteiger partial charge is 0.332 e. The van der Waals surface area contributed by atoms with E-state index in [-0.39, 0.29) is 6.03 Å². The fourth-order valence-corrected chi connectivity index (χ4v) is 2.83. The lowest BCUT2D eigenvalue weighted by atomic mass is 10.3. The Balaban J connectivity index is 1.58. The van der Waals surface area contributed by atoms with Crippen LogP contribution in [-0.4, -0.2) is 20.8 Å². The maximum atomic E-state index is 12.0. The maximum Gasteiger partial charge on any atom is 0.319 e. The minimum absolute atomic E-state index is 0.256. The Morgan fingerprint density at radius 2 is 2.26 bits per heavy atom. The highest BCUT2D eigenvalue weighted by molar-refractivity contribution is 7.09. The number of urea groups is 1. The highest BCUT2D eigenvalue weighted by atomic mass is 32.1. The van der Waals surface area contributed by atoms with Crippen LogP contribution in [-0.2, 0) is 13.0 Å². The molecule has 0 bridgehead atoms. The monoisotopic (exact) mass is 327 g/mol. The number of thiazole rings is 1. The Bertz CT molecular complexity index is 781. The smallest absolute Gasteiger partial charge is 0.319 e. The molecule has 1 aromatic carbocycles. The lowest BCUT2D eigenvalue weighted by molar-refractivity contribution is 0.251. The first-order valence-electron chi connectivity index (χ1n) is 7.33. The summed E-state index contributed by atoms with van der Waals surface area (Å²) in [6.45, 7) is 2.48. The van der Waals surface area contributed by atoms with Crippen molar-refractivity contribution < 1.29 is 4.79 Å². The minimum Gasteiger partial charge on any atom is -0.332 e. The first kappa shape index (κ1) is 15.2. The standard InChI is InChI=1S/C16H17N5OS/c1-2-15-19-13(11-23-15)10-17-16(22)20-12-5-3-6-14(9-12)21-8-4-7-18-21/h3-9,11H,2,10H2,1H3,(H2,17,20,22). The van der Waals surface area contributed by atoms with Gasteiger partial charge in [0.05, 0.1) is 22.9 Å². The lowest BCUT2D eigenvalue weighted by Crippen LogP contribution is -2.28. The number of amides is 2. The number of carbonyl (C=O) groups excluding carboxylic acids is 1. The van der Waals surface area contributed by atoms with Crippen LogP contribution < -0.4 is 10.6 Å². The number of hydrogen-bond donors (Lipinski definition) is 2. The van der Waals surface area contributed by atoms with E-state index in [0.29, 0.717) is 12.2 Å². The summed E-state index contributed by atoms with van der Waals surface area (Å²) in [4.78, 5) is 16.4. The molecule has 6 nitrogen and oxygen atoms in total. The second-order valence-electron chi connectivity index (χ2n) is 4.89. The Morgan fingerprint density at radius 3 is 3.00 bits per heavy atom. The third-order valence-electron chi connectivity index (χ3n) is 3.20. The topological polar surface area (TPSA) is 71.8 Å². The number of aromatic nitrogens is 3. The number of rotatable bonds is 5. The van der Waals surface area contributed by atoms with E-state index in [1.807, 2.05) is 41.9 Å². The molecule has 3 aromatic rings. The van der Waals surface area contributed by atoms with Crippen molar-refractivity contribution in [3.05, 3.63) is 58.8 Å². The van der Waals surface area contributed by atoms with Gasteiger partial charge in [0.1, 0.15) is 0 Å². The zero-order valence-corrected chi connectivity index (χ0v) is 13.5. The molecule has 0 atom stereocenters. The normalized spacial score (nSPS) is 10.5. The third kappa shape index (κ3) is 3.95. The van der Waals surface area contributed by atoms with E-state index in [2.05, 4.69) is 27.6 Å². The SMILES string of the molecule is CCc1nc(CNC(=O)Nc2cccc(-n3cccn3)c2)cs1. The lowest BCUT2D eigenvalue weighted by Gasteiger charge is -2.08. The summed E-state index contributed by atoms with van der Waals surface area (Å²) in [5, 5.41) is 12.9. The molecule has 0 aliphatic heterocycles. The van der Waals surface area contributed by atoms with Crippen LogP contribution in [0, 0.1) is 0 Å². The fraction of sp³-hybridized carbons (Fsp3) is 0.188. The van der Waals surface area contributed by atoms with E-state index < -0.39 is 0 Å². The van der Waals surface area contributed by atoms with Gasteiger partial charge in [-0.05, 0) is 30.7 Å². The van der Waals surface area contributed by atoms with E-state index >= 15 is 0 Å². The van der Waals surface area contributed by atoms with Gasteiger partial charge in [-0.3, -0.25) is 0 Å². The second kappa shape index (κ2) is 7.06. The molecule has 2 amide bonds. The Hall–Kier alpha value is -2.67. The van der Waals surface area contributed by atoms with Gasteiger partial charge in [-0.1, -0.05) is 13.0 Å². The number of anilines is 1. The highest BCUT2D eigenvalue weighted by Gasteiger charge is 2.05. The molecule has 0 radical (unpaired) electrons. The molecule has 0 unspecified atom stereocenters.